The van der Waals surface area contributed by atoms with Crippen LogP contribution in [0.5, 0.6) is 5.75 Å². The van der Waals surface area contributed by atoms with Gasteiger partial charge in [0.05, 0.1) is 29.1 Å². The van der Waals surface area contributed by atoms with E-state index in [0.29, 0.717) is 18.0 Å². The first-order valence-electron chi connectivity index (χ1n) is 12.3. The van der Waals surface area contributed by atoms with Crippen molar-refractivity contribution in [3.63, 3.8) is 0 Å². The van der Waals surface area contributed by atoms with Crippen molar-refractivity contribution in [3.8, 4) is 5.75 Å². The van der Waals surface area contributed by atoms with E-state index in [1.165, 1.54) is 11.6 Å². The quantitative estimate of drug-likeness (QED) is 0.238. The molecular formula is C26H35N6O3P. The van der Waals surface area contributed by atoms with Gasteiger partial charge >= 0.3 is 0 Å². The summed E-state index contributed by atoms with van der Waals surface area (Å²) in [5.74, 6) is 0.458. The maximum absolute atomic E-state index is 12.1. The van der Waals surface area contributed by atoms with Crippen molar-refractivity contribution in [2.75, 3.05) is 38.7 Å². The minimum absolute atomic E-state index is 0.0700. The minimum Gasteiger partial charge on any atom is -0.494 e. The lowest BCUT2D eigenvalue weighted by Gasteiger charge is -2.39. The lowest BCUT2D eigenvalue weighted by Crippen LogP contribution is -2.30. The summed E-state index contributed by atoms with van der Waals surface area (Å²) in [6, 6.07) is 13.3. The first-order chi connectivity index (χ1) is 17.1. The molecule has 36 heavy (non-hydrogen) atoms. The Bertz CT molecular complexity index is 1300. The van der Waals surface area contributed by atoms with Crippen molar-refractivity contribution < 1.29 is 9.66 Å². The number of allylic oxidation sites excluding steroid dienone is 2. The van der Waals surface area contributed by atoms with E-state index in [0.717, 1.165) is 29.8 Å². The van der Waals surface area contributed by atoms with E-state index in [1.807, 2.05) is 31.0 Å². The molecule has 0 aliphatic carbocycles. The van der Waals surface area contributed by atoms with E-state index in [2.05, 4.69) is 62.5 Å². The number of nitrogens with zero attached hydrogens (tertiary/aromatic N) is 6. The summed E-state index contributed by atoms with van der Waals surface area (Å²) in [6.07, 6.45) is 1.91. The fourth-order valence-electron chi connectivity index (χ4n) is 5.38. The number of nitro groups is 1. The fraction of sp³-hybridized carbons (Fsp3) is 0.423. The van der Waals surface area contributed by atoms with Crippen molar-refractivity contribution in [2.45, 2.75) is 40.0 Å². The molecule has 0 spiro atoms. The predicted molar refractivity (Wildman–Crippen MR) is 147 cm³/mol. The molecule has 4 rings (SSSR count). The van der Waals surface area contributed by atoms with Gasteiger partial charge in [-0.3, -0.25) is 10.1 Å². The van der Waals surface area contributed by atoms with Crippen molar-refractivity contribution in [3.05, 3.63) is 69.2 Å². The normalized spacial score (nSPS) is 22.3. The molecule has 192 valence electrons. The molecule has 0 bridgehead atoms. The lowest BCUT2D eigenvalue weighted by atomic mass is 9.84. The van der Waals surface area contributed by atoms with Gasteiger partial charge in [-0.15, -0.1) is 0 Å². The van der Waals surface area contributed by atoms with Crippen LogP contribution in [0.25, 0.3) is 0 Å². The Kier molecular flexibility index (Phi) is 6.99. The predicted octanol–water partition coefficient (Wildman–Crippen LogP) is 6.57. The van der Waals surface area contributed by atoms with E-state index < -0.39 is 7.36 Å². The van der Waals surface area contributed by atoms with E-state index in [9.17, 15) is 10.1 Å². The third-order valence-corrected chi connectivity index (χ3v) is 10.7. The third-order valence-electron chi connectivity index (χ3n) is 7.01. The van der Waals surface area contributed by atoms with Crippen molar-refractivity contribution in [2.24, 2.45) is 9.85 Å². The molecule has 0 fully saturated rings. The highest BCUT2D eigenvalue weighted by molar-refractivity contribution is 7.67. The van der Waals surface area contributed by atoms with Gasteiger partial charge < -0.3 is 9.64 Å². The van der Waals surface area contributed by atoms with Gasteiger partial charge in [0.2, 0.25) is 0 Å². The van der Waals surface area contributed by atoms with Crippen LogP contribution in [-0.2, 0) is 5.41 Å². The summed E-state index contributed by atoms with van der Waals surface area (Å²) < 4.78 is 15.0. The highest BCUT2D eigenvalue weighted by atomic mass is 31.2. The number of nitro benzene ring substituents is 1. The molecule has 10 heteroatoms. The summed E-state index contributed by atoms with van der Waals surface area (Å²) in [4.78, 5) is 14.0. The van der Waals surface area contributed by atoms with E-state index in [-0.39, 0.29) is 16.0 Å². The van der Waals surface area contributed by atoms with Crippen LogP contribution in [0.1, 0.15) is 40.2 Å². The van der Waals surface area contributed by atoms with Gasteiger partial charge in [-0.05, 0) is 30.7 Å². The van der Waals surface area contributed by atoms with Crippen molar-refractivity contribution in [1.82, 2.24) is 9.45 Å². The van der Waals surface area contributed by atoms with E-state index >= 15 is 0 Å². The van der Waals surface area contributed by atoms with Gasteiger partial charge in [-0.1, -0.05) is 45.9 Å². The monoisotopic (exact) mass is 510 g/mol. The Morgan fingerprint density at radius 1 is 1.14 bits per heavy atom. The summed E-state index contributed by atoms with van der Waals surface area (Å²) in [7, 11) is 1.30. The van der Waals surface area contributed by atoms with Crippen LogP contribution in [0.15, 0.2) is 63.3 Å². The molecular weight excluding hydrogens is 475 g/mol. The van der Waals surface area contributed by atoms with E-state index in [1.54, 1.807) is 12.1 Å². The summed E-state index contributed by atoms with van der Waals surface area (Å²) in [5, 5.41) is 17.9. The lowest BCUT2D eigenvalue weighted by molar-refractivity contribution is -0.384. The molecule has 0 amide bonds. The van der Waals surface area contributed by atoms with Crippen LogP contribution in [0.3, 0.4) is 0 Å². The summed E-state index contributed by atoms with van der Waals surface area (Å²) in [5.41, 5.74) is 3.47. The highest BCUT2D eigenvalue weighted by Gasteiger charge is 2.48. The Morgan fingerprint density at radius 3 is 2.44 bits per heavy atom. The van der Waals surface area contributed by atoms with Gasteiger partial charge in [0.15, 0.2) is 7.36 Å². The maximum atomic E-state index is 12.1. The molecule has 0 radical (unpaired) electrons. The Hall–Kier alpha value is -3.16. The van der Waals surface area contributed by atoms with Crippen LogP contribution >= 0.6 is 7.36 Å². The molecule has 0 saturated heterocycles. The van der Waals surface area contributed by atoms with Crippen molar-refractivity contribution in [1.29, 1.82) is 0 Å². The second-order valence-electron chi connectivity index (χ2n) is 9.32. The SMILES string of the molecule is CCOc1ccc(N=P2(N(CC)CC)/C(=C3/N(C)c4ccccc4C3(C)C)C=NN2C)c([N+](=O)[O-])c1. The number of para-hydroxylation sites is 1. The van der Waals surface area contributed by atoms with Gasteiger partial charge in [0.1, 0.15) is 11.4 Å². The third kappa shape index (κ3) is 3.91. The zero-order chi connectivity index (χ0) is 26.3. The van der Waals surface area contributed by atoms with Gasteiger partial charge in [0.25, 0.3) is 5.69 Å². The molecule has 2 aliphatic heterocycles. The largest absolute Gasteiger partial charge is 0.494 e. The first kappa shape index (κ1) is 25.9. The zero-order valence-electron chi connectivity index (χ0n) is 22.1. The molecule has 1 atom stereocenters. The highest BCUT2D eigenvalue weighted by Crippen LogP contribution is 2.69. The summed E-state index contributed by atoms with van der Waals surface area (Å²) >= 11 is 0. The van der Waals surface area contributed by atoms with Crippen LogP contribution in [0.4, 0.5) is 17.1 Å². The Morgan fingerprint density at radius 2 is 1.83 bits per heavy atom. The number of anilines is 1. The molecule has 2 heterocycles. The average molecular weight is 511 g/mol. The molecule has 2 aliphatic rings. The molecule has 1 unspecified atom stereocenters. The first-order valence-corrected chi connectivity index (χ1v) is 13.9. The number of rotatable bonds is 7. The van der Waals surface area contributed by atoms with Crippen LogP contribution < -0.4 is 9.64 Å². The molecule has 0 aromatic heterocycles. The van der Waals surface area contributed by atoms with Crippen LogP contribution in [-0.4, -0.2) is 54.4 Å². The molecule has 0 N–H and O–H groups in total. The minimum atomic E-state index is -2.71. The number of ether oxygens (including phenoxy) is 1. The van der Waals surface area contributed by atoms with Crippen molar-refractivity contribution >= 4 is 30.6 Å². The molecule has 2 aromatic rings. The Labute approximate surface area is 213 Å². The fourth-order valence-corrected chi connectivity index (χ4v) is 9.10. The number of hydrogen-bond donors (Lipinski definition) is 0. The van der Waals surface area contributed by atoms with Crippen LogP contribution in [0.2, 0.25) is 0 Å². The second-order valence-corrected chi connectivity index (χ2v) is 12.3. The molecule has 0 saturated carbocycles. The average Bonchev–Trinajstić information content (AvgIpc) is 3.26. The summed E-state index contributed by atoms with van der Waals surface area (Å²) in [6.45, 7) is 12.4. The maximum Gasteiger partial charge on any atom is 0.298 e. The van der Waals surface area contributed by atoms with Crippen LogP contribution in [0, 0.1) is 10.1 Å². The van der Waals surface area contributed by atoms with E-state index in [4.69, 9.17) is 14.6 Å². The smallest absolute Gasteiger partial charge is 0.298 e. The number of hydrogen-bond acceptors (Lipinski definition) is 6. The van der Waals surface area contributed by atoms with Gasteiger partial charge in [-0.25, -0.2) is 14.2 Å². The standard InChI is InChI=1S/C26H35N6O3P/c1-8-31(9-2)36(28-21-16-15-19(35-10-3)17-23(21)32(33)34)24(18-27-30(36)7)25-26(4,5)20-13-11-12-14-22(20)29(25)6/h11-18H,8-10H2,1-7H3/b25-24+. The number of fused-ring (bicyclic) bond motifs is 1. The molecule has 2 aromatic carbocycles. The number of likely N-dealkylation sites (N-methyl/N-ethyl adjacent to an activating group) is 1. The number of hydrazone groups is 1. The zero-order valence-corrected chi connectivity index (χ0v) is 23.0. The van der Waals surface area contributed by atoms with Gasteiger partial charge in [0, 0.05) is 44.0 Å². The topological polar surface area (TPSA) is 86.8 Å². The number of benzene rings is 2. The second kappa shape index (κ2) is 9.71. The Balaban J connectivity index is 2.07. The van der Waals surface area contributed by atoms with Gasteiger partial charge in [-0.2, -0.15) is 5.10 Å². The molecule has 9 nitrogen and oxygen atoms in total.